The molecule has 1 amide bonds. The van der Waals surface area contributed by atoms with Crippen molar-refractivity contribution in [2.75, 3.05) is 18.7 Å². The van der Waals surface area contributed by atoms with Crippen molar-refractivity contribution in [1.29, 1.82) is 0 Å². The van der Waals surface area contributed by atoms with Crippen molar-refractivity contribution in [2.24, 2.45) is 5.92 Å². The highest BCUT2D eigenvalue weighted by Gasteiger charge is 2.23. The summed E-state index contributed by atoms with van der Waals surface area (Å²) in [7, 11) is 1.29. The van der Waals surface area contributed by atoms with Crippen molar-refractivity contribution >= 4 is 23.6 Å². The number of benzene rings is 1. The van der Waals surface area contributed by atoms with Crippen LogP contribution in [0.5, 0.6) is 0 Å². The SMILES string of the molecule is COC(=O)[C@@H](CC(C)C)NC(=O)CSc1nnc(Cc2ccc(F)cc2)n1N. The van der Waals surface area contributed by atoms with Crippen molar-refractivity contribution in [3.05, 3.63) is 41.5 Å². The summed E-state index contributed by atoms with van der Waals surface area (Å²) >= 11 is 1.11. The molecule has 0 unspecified atom stereocenters. The van der Waals surface area contributed by atoms with E-state index in [1.165, 1.54) is 23.9 Å². The molecule has 152 valence electrons. The summed E-state index contributed by atoms with van der Waals surface area (Å²) in [6, 6.07) is 5.32. The second kappa shape index (κ2) is 10.1. The summed E-state index contributed by atoms with van der Waals surface area (Å²) in [5.41, 5.74) is 0.837. The van der Waals surface area contributed by atoms with Gasteiger partial charge >= 0.3 is 5.97 Å². The lowest BCUT2D eigenvalue weighted by atomic mass is 10.0. The first-order valence-corrected chi connectivity index (χ1v) is 9.72. The van der Waals surface area contributed by atoms with Gasteiger partial charge in [-0.2, -0.15) is 0 Å². The van der Waals surface area contributed by atoms with Gasteiger partial charge in [0.1, 0.15) is 11.9 Å². The summed E-state index contributed by atoms with van der Waals surface area (Å²) in [5, 5.41) is 11.0. The average Bonchev–Trinajstić information content (AvgIpc) is 3.00. The van der Waals surface area contributed by atoms with E-state index in [9.17, 15) is 14.0 Å². The molecule has 0 saturated carbocycles. The molecule has 1 aromatic carbocycles. The normalized spacial score (nSPS) is 12.0. The van der Waals surface area contributed by atoms with Crippen LogP contribution in [0.2, 0.25) is 0 Å². The molecule has 0 aliphatic rings. The minimum Gasteiger partial charge on any atom is -0.467 e. The molecule has 10 heteroatoms. The Hall–Kier alpha value is -2.62. The maximum Gasteiger partial charge on any atom is 0.328 e. The van der Waals surface area contributed by atoms with E-state index >= 15 is 0 Å². The number of nitrogens with zero attached hydrogens (tertiary/aromatic N) is 3. The van der Waals surface area contributed by atoms with E-state index in [-0.39, 0.29) is 23.4 Å². The van der Waals surface area contributed by atoms with Gasteiger partial charge in [0.05, 0.1) is 12.9 Å². The number of methoxy groups -OCH3 is 1. The van der Waals surface area contributed by atoms with Gasteiger partial charge in [0, 0.05) is 6.42 Å². The van der Waals surface area contributed by atoms with Gasteiger partial charge in [0.25, 0.3) is 0 Å². The van der Waals surface area contributed by atoms with Crippen molar-refractivity contribution in [1.82, 2.24) is 20.2 Å². The largest absolute Gasteiger partial charge is 0.467 e. The number of rotatable bonds is 9. The van der Waals surface area contributed by atoms with Crippen LogP contribution in [0.25, 0.3) is 0 Å². The summed E-state index contributed by atoms with van der Waals surface area (Å²) < 4.78 is 19.0. The second-order valence-electron chi connectivity index (χ2n) is 6.63. The zero-order valence-electron chi connectivity index (χ0n) is 16.0. The summed E-state index contributed by atoms with van der Waals surface area (Å²) in [6.45, 7) is 3.91. The highest BCUT2D eigenvalue weighted by Crippen LogP contribution is 2.17. The molecule has 0 spiro atoms. The number of hydrogen-bond acceptors (Lipinski definition) is 7. The molecular weight excluding hydrogens is 385 g/mol. The van der Waals surface area contributed by atoms with Gasteiger partial charge in [-0.1, -0.05) is 37.7 Å². The number of carbonyl (C=O) groups is 2. The predicted octanol–water partition coefficient (Wildman–Crippen LogP) is 1.52. The molecule has 0 radical (unpaired) electrons. The lowest BCUT2D eigenvalue weighted by molar-refractivity contribution is -0.145. The van der Waals surface area contributed by atoms with Gasteiger partial charge in [-0.25, -0.2) is 13.9 Å². The Morgan fingerprint density at radius 1 is 1.29 bits per heavy atom. The Morgan fingerprint density at radius 2 is 1.96 bits per heavy atom. The average molecular weight is 409 g/mol. The summed E-state index contributed by atoms with van der Waals surface area (Å²) in [6.07, 6.45) is 0.868. The number of ether oxygens (including phenoxy) is 1. The van der Waals surface area contributed by atoms with Gasteiger partial charge < -0.3 is 15.9 Å². The minimum absolute atomic E-state index is 0.0253. The third-order valence-corrected chi connectivity index (χ3v) is 4.81. The highest BCUT2D eigenvalue weighted by atomic mass is 32.2. The van der Waals surface area contributed by atoms with Crippen molar-refractivity contribution in [3.8, 4) is 0 Å². The van der Waals surface area contributed by atoms with Crippen LogP contribution in [0, 0.1) is 11.7 Å². The molecule has 2 rings (SSSR count). The van der Waals surface area contributed by atoms with Crippen LogP contribution in [0.4, 0.5) is 4.39 Å². The highest BCUT2D eigenvalue weighted by molar-refractivity contribution is 7.99. The first kappa shape index (κ1) is 21.7. The van der Waals surface area contributed by atoms with E-state index in [1.54, 1.807) is 12.1 Å². The number of amides is 1. The first-order valence-electron chi connectivity index (χ1n) is 8.74. The fourth-order valence-corrected chi connectivity index (χ4v) is 3.19. The Bertz CT molecular complexity index is 810. The topological polar surface area (TPSA) is 112 Å². The molecule has 1 aromatic heterocycles. The Balaban J connectivity index is 1.93. The van der Waals surface area contributed by atoms with Crippen LogP contribution >= 0.6 is 11.8 Å². The van der Waals surface area contributed by atoms with E-state index in [4.69, 9.17) is 10.6 Å². The fraction of sp³-hybridized carbons (Fsp3) is 0.444. The van der Waals surface area contributed by atoms with Crippen molar-refractivity contribution in [3.63, 3.8) is 0 Å². The number of nitrogens with two attached hydrogens (primary N) is 1. The standard InChI is InChI=1S/C18H24FN5O3S/c1-11(2)8-14(17(26)27-3)21-16(25)10-28-18-23-22-15(24(18)20)9-12-4-6-13(19)7-5-12/h4-7,11,14H,8-10,20H2,1-3H3,(H,21,25)/t14-/m1/s1. The number of halogens is 1. The van der Waals surface area contributed by atoms with E-state index in [2.05, 4.69) is 15.5 Å². The smallest absolute Gasteiger partial charge is 0.328 e. The Kier molecular flexibility index (Phi) is 7.80. The van der Waals surface area contributed by atoms with E-state index in [0.717, 1.165) is 17.3 Å². The molecule has 1 heterocycles. The van der Waals surface area contributed by atoms with E-state index < -0.39 is 12.0 Å². The number of hydrogen-bond donors (Lipinski definition) is 2. The monoisotopic (exact) mass is 409 g/mol. The lowest BCUT2D eigenvalue weighted by Crippen LogP contribution is -2.43. The lowest BCUT2D eigenvalue weighted by Gasteiger charge is -2.18. The molecule has 8 nitrogen and oxygen atoms in total. The molecule has 0 bridgehead atoms. The maximum atomic E-state index is 13.0. The van der Waals surface area contributed by atoms with Crippen LogP contribution in [-0.4, -0.2) is 45.7 Å². The number of thioether (sulfide) groups is 1. The molecular formula is C18H24FN5O3S. The van der Waals surface area contributed by atoms with Crippen molar-refractivity contribution < 1.29 is 18.7 Å². The molecule has 0 saturated heterocycles. The Morgan fingerprint density at radius 3 is 2.57 bits per heavy atom. The zero-order chi connectivity index (χ0) is 20.7. The van der Waals surface area contributed by atoms with Crippen LogP contribution < -0.4 is 11.2 Å². The number of esters is 1. The van der Waals surface area contributed by atoms with Crippen molar-refractivity contribution in [2.45, 2.75) is 37.9 Å². The minimum atomic E-state index is -0.692. The van der Waals surface area contributed by atoms with Crippen LogP contribution in [0.1, 0.15) is 31.7 Å². The molecule has 1 atom stereocenters. The third-order valence-electron chi connectivity index (χ3n) is 3.87. The third kappa shape index (κ3) is 6.22. The molecule has 3 N–H and O–H groups in total. The quantitative estimate of drug-likeness (QED) is 0.367. The first-order chi connectivity index (χ1) is 13.3. The van der Waals surface area contributed by atoms with Gasteiger partial charge in [-0.15, -0.1) is 10.2 Å². The molecule has 0 aliphatic heterocycles. The number of aromatic nitrogens is 3. The molecule has 2 aromatic rings. The number of nitrogens with one attached hydrogen (secondary N) is 1. The molecule has 0 aliphatic carbocycles. The Labute approximate surface area is 167 Å². The number of carbonyl (C=O) groups excluding carboxylic acids is 2. The zero-order valence-corrected chi connectivity index (χ0v) is 16.8. The van der Waals surface area contributed by atoms with Gasteiger partial charge in [0.15, 0.2) is 5.82 Å². The maximum absolute atomic E-state index is 13.0. The number of nitrogen functional groups attached to an aromatic ring is 1. The van der Waals surface area contributed by atoms with Crippen LogP contribution in [0.15, 0.2) is 29.4 Å². The van der Waals surface area contributed by atoms with Crippen LogP contribution in [-0.2, 0) is 20.7 Å². The predicted molar refractivity (Wildman–Crippen MR) is 104 cm³/mol. The second-order valence-corrected chi connectivity index (χ2v) is 7.58. The molecule has 0 fully saturated rings. The van der Waals surface area contributed by atoms with E-state index in [1.807, 2.05) is 13.8 Å². The summed E-state index contributed by atoms with van der Waals surface area (Å²) in [4.78, 5) is 24.0. The van der Waals surface area contributed by atoms with E-state index in [0.29, 0.717) is 23.8 Å². The summed E-state index contributed by atoms with van der Waals surface area (Å²) in [5.74, 6) is 5.61. The van der Waals surface area contributed by atoms with Gasteiger partial charge in [-0.3, -0.25) is 4.79 Å². The van der Waals surface area contributed by atoms with Crippen LogP contribution in [0.3, 0.4) is 0 Å². The van der Waals surface area contributed by atoms with Gasteiger partial charge in [-0.05, 0) is 30.0 Å². The molecule has 28 heavy (non-hydrogen) atoms. The fourth-order valence-electron chi connectivity index (χ4n) is 2.50. The van der Waals surface area contributed by atoms with Gasteiger partial charge in [0.2, 0.25) is 11.1 Å².